The Morgan fingerprint density at radius 1 is 1.13 bits per heavy atom. The minimum absolute atomic E-state index is 0.104. The second-order valence-corrected chi connectivity index (χ2v) is 7.73. The molecule has 0 aromatic heterocycles. The third-order valence-electron chi connectivity index (χ3n) is 5.72. The molecule has 2 aromatic carbocycles. The Morgan fingerprint density at radius 2 is 1.83 bits per heavy atom. The van der Waals surface area contributed by atoms with Crippen LogP contribution in [-0.4, -0.2) is 48.1 Å². The lowest BCUT2D eigenvalue weighted by molar-refractivity contribution is -0.140. The molecule has 2 aromatic rings. The second kappa shape index (κ2) is 8.32. The van der Waals surface area contributed by atoms with E-state index in [0.29, 0.717) is 24.5 Å². The molecule has 0 spiro atoms. The summed E-state index contributed by atoms with van der Waals surface area (Å²) in [6.45, 7) is 2.92. The van der Waals surface area contributed by atoms with E-state index in [-0.39, 0.29) is 17.4 Å². The molecule has 0 aliphatic carbocycles. The topological polar surface area (TPSA) is 76.1 Å². The molecule has 2 aliphatic heterocycles. The number of ether oxygens (including phenoxy) is 2. The zero-order valence-corrected chi connectivity index (χ0v) is 17.1. The molecule has 156 valence electrons. The van der Waals surface area contributed by atoms with E-state index >= 15 is 0 Å². The first kappa shape index (κ1) is 20.2. The maximum Gasteiger partial charge on any atom is 0.295 e. The van der Waals surface area contributed by atoms with Crippen molar-refractivity contribution in [2.45, 2.75) is 31.9 Å². The highest BCUT2D eigenvalue weighted by atomic mass is 16.5. The third kappa shape index (κ3) is 3.71. The summed E-state index contributed by atoms with van der Waals surface area (Å²) in [5.41, 5.74) is 2.39. The van der Waals surface area contributed by atoms with Gasteiger partial charge in [0.25, 0.3) is 11.7 Å². The summed E-state index contributed by atoms with van der Waals surface area (Å²) in [6.07, 6.45) is 1.67. The number of hydrogen-bond acceptors (Lipinski definition) is 5. The first-order chi connectivity index (χ1) is 14.5. The molecule has 2 saturated heterocycles. The number of carbonyl (C=O) groups is 2. The summed E-state index contributed by atoms with van der Waals surface area (Å²) in [7, 11) is 1.58. The van der Waals surface area contributed by atoms with Crippen LogP contribution in [0.5, 0.6) is 5.75 Å². The Kier molecular flexibility index (Phi) is 5.59. The van der Waals surface area contributed by atoms with Gasteiger partial charge in [-0.1, -0.05) is 42.0 Å². The highest BCUT2D eigenvalue weighted by Gasteiger charge is 2.47. The van der Waals surface area contributed by atoms with Crippen LogP contribution in [0.3, 0.4) is 0 Å². The number of carbonyl (C=O) groups excluding carboxylic acids is 2. The fraction of sp³-hybridized carbons (Fsp3) is 0.333. The number of aliphatic hydroxyl groups excluding tert-OH is 1. The monoisotopic (exact) mass is 407 g/mol. The van der Waals surface area contributed by atoms with Crippen LogP contribution in [0.4, 0.5) is 0 Å². The highest BCUT2D eigenvalue weighted by Crippen LogP contribution is 2.40. The number of Topliss-reactive ketones (excluding diaryl/α,β-unsaturated/α-hetero) is 1. The summed E-state index contributed by atoms with van der Waals surface area (Å²) < 4.78 is 10.9. The highest BCUT2D eigenvalue weighted by molar-refractivity contribution is 6.46. The summed E-state index contributed by atoms with van der Waals surface area (Å²) in [5.74, 6) is -0.774. The number of nitrogens with zero attached hydrogens (tertiary/aromatic N) is 1. The zero-order chi connectivity index (χ0) is 21.3. The van der Waals surface area contributed by atoms with Gasteiger partial charge in [-0.2, -0.15) is 0 Å². The van der Waals surface area contributed by atoms with Gasteiger partial charge in [-0.15, -0.1) is 0 Å². The molecule has 2 aliphatic rings. The summed E-state index contributed by atoms with van der Waals surface area (Å²) >= 11 is 0. The van der Waals surface area contributed by atoms with Crippen molar-refractivity contribution in [3.05, 3.63) is 70.8 Å². The molecule has 2 fully saturated rings. The predicted octanol–water partition coefficient (Wildman–Crippen LogP) is 3.60. The lowest BCUT2D eigenvalue weighted by Gasteiger charge is -2.27. The van der Waals surface area contributed by atoms with E-state index in [0.717, 1.165) is 24.0 Å². The number of likely N-dealkylation sites (tertiary alicyclic amines) is 1. The lowest BCUT2D eigenvalue weighted by atomic mass is 9.95. The van der Waals surface area contributed by atoms with Crippen LogP contribution in [0, 0.1) is 6.92 Å². The van der Waals surface area contributed by atoms with Gasteiger partial charge in [0, 0.05) is 18.7 Å². The standard InChI is InChI=1S/C24H25NO5/c1-15-5-7-17(8-6-15)22(26)20-21(16-9-11-18(29-2)12-10-16)25(24(28)23(20)27)14-19-4-3-13-30-19/h5-12,19,21,26H,3-4,13-14H2,1-2H3/t19-,21+/m1/s1. The second-order valence-electron chi connectivity index (χ2n) is 7.73. The predicted molar refractivity (Wildman–Crippen MR) is 112 cm³/mol. The smallest absolute Gasteiger partial charge is 0.295 e. The number of ketones is 1. The molecule has 6 nitrogen and oxygen atoms in total. The van der Waals surface area contributed by atoms with E-state index in [1.165, 1.54) is 4.90 Å². The Balaban J connectivity index is 1.80. The van der Waals surface area contributed by atoms with Crippen LogP contribution in [-0.2, 0) is 14.3 Å². The van der Waals surface area contributed by atoms with Gasteiger partial charge >= 0.3 is 0 Å². The molecule has 0 bridgehead atoms. The van der Waals surface area contributed by atoms with Crippen molar-refractivity contribution in [2.75, 3.05) is 20.3 Å². The third-order valence-corrected chi connectivity index (χ3v) is 5.72. The Morgan fingerprint density at radius 3 is 2.43 bits per heavy atom. The van der Waals surface area contributed by atoms with Gasteiger partial charge in [0.2, 0.25) is 0 Å². The molecule has 30 heavy (non-hydrogen) atoms. The number of methoxy groups -OCH3 is 1. The minimum Gasteiger partial charge on any atom is -0.507 e. The van der Waals surface area contributed by atoms with E-state index in [4.69, 9.17) is 9.47 Å². The number of hydrogen-bond donors (Lipinski definition) is 1. The van der Waals surface area contributed by atoms with Gasteiger partial charge in [0.15, 0.2) is 0 Å². The van der Waals surface area contributed by atoms with Crippen LogP contribution in [0.25, 0.3) is 5.76 Å². The molecule has 2 heterocycles. The lowest BCUT2D eigenvalue weighted by Crippen LogP contribution is -2.36. The average molecular weight is 407 g/mol. The largest absolute Gasteiger partial charge is 0.507 e. The van der Waals surface area contributed by atoms with E-state index in [2.05, 4.69) is 0 Å². The number of rotatable bonds is 5. The molecule has 0 saturated carbocycles. The number of aliphatic hydroxyl groups is 1. The number of benzene rings is 2. The van der Waals surface area contributed by atoms with E-state index in [1.54, 1.807) is 31.4 Å². The molecule has 6 heteroatoms. The van der Waals surface area contributed by atoms with Crippen molar-refractivity contribution in [1.29, 1.82) is 0 Å². The molecule has 1 N–H and O–H groups in total. The molecular formula is C24H25NO5. The maximum atomic E-state index is 13.0. The van der Waals surface area contributed by atoms with Gasteiger partial charge in [0.05, 0.1) is 24.8 Å². The summed E-state index contributed by atoms with van der Waals surface area (Å²) in [4.78, 5) is 27.5. The minimum atomic E-state index is -0.679. The summed E-state index contributed by atoms with van der Waals surface area (Å²) in [6, 6.07) is 13.8. The Labute approximate surface area is 175 Å². The normalized spacial score (nSPS) is 23.2. The van der Waals surface area contributed by atoms with Gasteiger partial charge in [-0.05, 0) is 37.5 Å². The van der Waals surface area contributed by atoms with Crippen molar-refractivity contribution in [3.63, 3.8) is 0 Å². The van der Waals surface area contributed by atoms with E-state index < -0.39 is 17.7 Å². The van der Waals surface area contributed by atoms with E-state index in [9.17, 15) is 14.7 Å². The molecule has 0 radical (unpaired) electrons. The summed E-state index contributed by atoms with van der Waals surface area (Å²) in [5, 5.41) is 11.0. The van der Waals surface area contributed by atoms with Crippen molar-refractivity contribution >= 4 is 17.4 Å². The van der Waals surface area contributed by atoms with Crippen molar-refractivity contribution in [3.8, 4) is 5.75 Å². The van der Waals surface area contributed by atoms with Crippen molar-refractivity contribution in [2.24, 2.45) is 0 Å². The van der Waals surface area contributed by atoms with Crippen LogP contribution in [0.1, 0.15) is 35.6 Å². The van der Waals surface area contributed by atoms with Gasteiger partial charge in [-0.3, -0.25) is 9.59 Å². The molecule has 4 rings (SSSR count). The number of aryl methyl sites for hydroxylation is 1. The van der Waals surface area contributed by atoms with Gasteiger partial charge in [0.1, 0.15) is 11.5 Å². The number of amides is 1. The fourth-order valence-electron chi connectivity index (χ4n) is 4.08. The van der Waals surface area contributed by atoms with Gasteiger partial charge in [-0.25, -0.2) is 0 Å². The van der Waals surface area contributed by atoms with Crippen LogP contribution in [0.15, 0.2) is 54.1 Å². The van der Waals surface area contributed by atoms with Crippen LogP contribution in [0.2, 0.25) is 0 Å². The molecule has 2 atom stereocenters. The Bertz CT molecular complexity index is 972. The molecular weight excluding hydrogens is 382 g/mol. The molecule has 1 amide bonds. The van der Waals surface area contributed by atoms with Gasteiger partial charge < -0.3 is 19.5 Å². The molecule has 0 unspecified atom stereocenters. The quantitative estimate of drug-likeness (QED) is 0.466. The maximum absolute atomic E-state index is 13.0. The van der Waals surface area contributed by atoms with E-state index in [1.807, 2.05) is 31.2 Å². The van der Waals surface area contributed by atoms with Crippen molar-refractivity contribution < 1.29 is 24.2 Å². The van der Waals surface area contributed by atoms with Crippen molar-refractivity contribution in [1.82, 2.24) is 4.90 Å². The first-order valence-electron chi connectivity index (χ1n) is 10.1. The fourth-order valence-corrected chi connectivity index (χ4v) is 4.08. The Hall–Kier alpha value is -3.12. The van der Waals surface area contributed by atoms with Crippen LogP contribution < -0.4 is 4.74 Å². The first-order valence-corrected chi connectivity index (χ1v) is 10.1. The zero-order valence-electron chi connectivity index (χ0n) is 17.1. The SMILES string of the molecule is COc1ccc([C@H]2C(=C(O)c3ccc(C)cc3)C(=O)C(=O)N2C[C@H]2CCCO2)cc1. The average Bonchev–Trinajstić information content (AvgIpc) is 3.36. The van der Waals surface area contributed by atoms with Crippen LogP contribution >= 0.6 is 0 Å².